The fourth-order valence-corrected chi connectivity index (χ4v) is 8.76. The SMILES string of the molecule is CCCC[C@@H](C(=O)N[C@H](C(=O)NC(C)(C)C(=O)N[C@@H](CC(C)C)C(=O)N[C@@H](CC(C)C)C(=O)NC(C)(C)C(=O)NC(C)(C)C(=O)NCCC(=O)N[C@@H](C)CN(C)C)[C@H](O)C(C)C)N(C=O)[C@@H]1CCCN1C(=O)/C=C/[C@@H](C)CC. The fourth-order valence-electron chi connectivity index (χ4n) is 8.76. The molecule has 1 fully saturated rings. The zero-order valence-electron chi connectivity index (χ0n) is 50.4. The molecule has 0 saturated carbocycles. The van der Waals surface area contributed by atoms with Crippen LogP contribution < -0.4 is 42.5 Å². The highest BCUT2D eigenvalue weighted by atomic mass is 16.3. The number of carbonyl (C=O) groups excluding carboxylic acids is 10. The summed E-state index contributed by atoms with van der Waals surface area (Å²) in [4.78, 5) is 141. The summed E-state index contributed by atoms with van der Waals surface area (Å²) in [6.45, 7) is 28.1. The van der Waals surface area contributed by atoms with E-state index in [0.717, 1.165) is 6.42 Å². The van der Waals surface area contributed by atoms with Gasteiger partial charge in [0.05, 0.1) is 6.10 Å². The number of nitrogens with zero attached hydrogens (tertiary/aromatic N) is 3. The van der Waals surface area contributed by atoms with E-state index in [1.54, 1.807) is 18.7 Å². The van der Waals surface area contributed by atoms with Crippen LogP contribution in [0, 0.1) is 23.7 Å². The number of aliphatic hydroxyl groups excluding tert-OH is 1. The molecule has 1 aliphatic heterocycles. The van der Waals surface area contributed by atoms with Gasteiger partial charge in [0, 0.05) is 32.1 Å². The number of hydrogen-bond donors (Lipinski definition) is 9. The van der Waals surface area contributed by atoms with Gasteiger partial charge in [-0.2, -0.15) is 0 Å². The third-order valence-corrected chi connectivity index (χ3v) is 13.6. The monoisotopic (exact) mass is 1100 g/mol. The van der Waals surface area contributed by atoms with Crippen molar-refractivity contribution in [2.75, 3.05) is 33.7 Å². The molecule has 0 spiro atoms. The van der Waals surface area contributed by atoms with Crippen molar-refractivity contribution >= 4 is 59.6 Å². The first-order valence-corrected chi connectivity index (χ1v) is 28.1. The molecule has 1 heterocycles. The van der Waals surface area contributed by atoms with E-state index in [0.29, 0.717) is 45.2 Å². The van der Waals surface area contributed by atoms with E-state index in [9.17, 15) is 53.1 Å². The predicted octanol–water partition coefficient (Wildman–Crippen LogP) is 2.37. The molecular formula is C56H101N11O11. The van der Waals surface area contributed by atoms with Crippen molar-refractivity contribution in [3.05, 3.63) is 12.2 Å². The van der Waals surface area contributed by atoms with Crippen molar-refractivity contribution in [1.29, 1.82) is 0 Å². The summed E-state index contributed by atoms with van der Waals surface area (Å²) in [5, 5.41) is 33.2. The van der Waals surface area contributed by atoms with Gasteiger partial charge in [0.2, 0.25) is 59.6 Å². The van der Waals surface area contributed by atoms with Crippen LogP contribution >= 0.6 is 0 Å². The Bertz CT molecular complexity index is 2060. The second kappa shape index (κ2) is 32.4. The average molecular weight is 1100 g/mol. The molecule has 0 aromatic heterocycles. The Kier molecular flexibility index (Phi) is 29.3. The first-order chi connectivity index (χ1) is 36.0. The Hall–Kier alpha value is -5.64. The third-order valence-electron chi connectivity index (χ3n) is 13.6. The zero-order chi connectivity index (χ0) is 60.0. The molecule has 1 saturated heterocycles. The lowest BCUT2D eigenvalue weighted by atomic mass is 9.95. The number of hydrogen-bond acceptors (Lipinski definition) is 12. The van der Waals surface area contributed by atoms with Crippen LogP contribution in [0.2, 0.25) is 0 Å². The lowest BCUT2D eigenvalue weighted by molar-refractivity contribution is -0.145. The minimum atomic E-state index is -1.76. The highest BCUT2D eigenvalue weighted by Crippen LogP contribution is 2.25. The number of likely N-dealkylation sites (tertiary alicyclic amines) is 1. The number of allylic oxidation sites excluding steroid dienone is 1. The van der Waals surface area contributed by atoms with E-state index in [4.69, 9.17) is 0 Å². The van der Waals surface area contributed by atoms with Crippen molar-refractivity contribution in [1.82, 2.24) is 57.2 Å². The van der Waals surface area contributed by atoms with E-state index in [-0.39, 0.29) is 67.8 Å². The van der Waals surface area contributed by atoms with Gasteiger partial charge in [0.15, 0.2) is 0 Å². The standard InChI is InChI=1S/C56H101N11O11/c1-19-21-23-41(67(33-68)43-24-22-29-66(43)44(70)26-25-37(9)20-2)49(74)61-45(46(71)36(7)8)50(75)63-55(13,14)52(77)60-39(30-34(3)4)47(72)59-40(31-35(5)6)48(73)62-56(15,16)53(78)64-54(11,12)51(76)57-28-27-42(69)58-38(10)32-65(17)18/h25-26,33-41,43,45-46,71H,19-24,27-32H2,1-18H3,(H,57,76)(H,58,69)(H,59,72)(H,60,77)(H,61,74)(H,62,73)(H,63,75)(H,64,78)/b26-25+/t37-,38-,39-,40-,41-,43+,45-,46+/m0/s1. The quantitative estimate of drug-likeness (QED) is 0.0332. The first kappa shape index (κ1) is 70.4. The molecule has 0 unspecified atom stereocenters. The Morgan fingerprint density at radius 1 is 0.692 bits per heavy atom. The molecular weight excluding hydrogens is 1000 g/mol. The largest absolute Gasteiger partial charge is 0.390 e. The smallest absolute Gasteiger partial charge is 0.247 e. The molecule has 9 N–H and O–H groups in total. The van der Waals surface area contributed by atoms with Crippen molar-refractivity contribution < 1.29 is 53.1 Å². The maximum atomic E-state index is 14.4. The molecule has 0 radical (unpaired) electrons. The summed E-state index contributed by atoms with van der Waals surface area (Å²) in [6.07, 6.45) is 5.22. The van der Waals surface area contributed by atoms with Crippen LogP contribution in [0.5, 0.6) is 0 Å². The number of carbonyl (C=O) groups is 10. The fraction of sp³-hybridized carbons (Fsp3) is 0.786. The highest BCUT2D eigenvalue weighted by molar-refractivity contribution is 6.00. The van der Waals surface area contributed by atoms with E-state index in [2.05, 4.69) is 42.5 Å². The average Bonchev–Trinajstić information content (AvgIpc) is 3.81. The van der Waals surface area contributed by atoms with E-state index in [1.165, 1.54) is 52.5 Å². The van der Waals surface area contributed by atoms with Gasteiger partial charge in [-0.3, -0.25) is 47.9 Å². The summed E-state index contributed by atoms with van der Waals surface area (Å²) in [5.74, 6) is -6.33. The van der Waals surface area contributed by atoms with Crippen LogP contribution in [0.3, 0.4) is 0 Å². The number of aliphatic hydroxyl groups is 1. The Morgan fingerprint density at radius 3 is 1.77 bits per heavy atom. The van der Waals surface area contributed by atoms with Gasteiger partial charge in [-0.05, 0) is 124 Å². The molecule has 1 rings (SSSR count). The number of likely N-dealkylation sites (N-methyl/N-ethyl adjacent to an activating group) is 1. The molecule has 10 amide bonds. The van der Waals surface area contributed by atoms with Crippen LogP contribution in [-0.2, 0) is 47.9 Å². The van der Waals surface area contributed by atoms with E-state index < -0.39 is 100 Å². The number of nitrogens with one attached hydrogen (secondary N) is 8. The zero-order valence-corrected chi connectivity index (χ0v) is 50.4. The van der Waals surface area contributed by atoms with Gasteiger partial charge >= 0.3 is 0 Å². The second-order valence-corrected chi connectivity index (χ2v) is 24.2. The van der Waals surface area contributed by atoms with Crippen molar-refractivity contribution in [2.24, 2.45) is 23.7 Å². The number of amides is 10. The predicted molar refractivity (Wildman–Crippen MR) is 301 cm³/mol. The molecule has 0 aliphatic carbocycles. The van der Waals surface area contributed by atoms with Crippen LogP contribution in [0.4, 0.5) is 0 Å². The molecule has 22 nitrogen and oxygen atoms in total. The van der Waals surface area contributed by atoms with E-state index in [1.807, 2.05) is 80.5 Å². The van der Waals surface area contributed by atoms with Crippen molar-refractivity contribution in [2.45, 2.75) is 228 Å². The molecule has 0 bridgehead atoms. The van der Waals surface area contributed by atoms with Crippen LogP contribution in [-0.4, -0.2) is 172 Å². The molecule has 0 aromatic carbocycles. The van der Waals surface area contributed by atoms with E-state index >= 15 is 0 Å². The molecule has 8 atom stereocenters. The van der Waals surface area contributed by atoms with Crippen LogP contribution in [0.15, 0.2) is 12.2 Å². The lowest BCUT2D eigenvalue weighted by Gasteiger charge is -2.38. The number of rotatable bonds is 34. The summed E-state index contributed by atoms with van der Waals surface area (Å²) in [5.41, 5.74) is -4.82. The Morgan fingerprint density at radius 2 is 1.24 bits per heavy atom. The van der Waals surface area contributed by atoms with Crippen LogP contribution in [0.25, 0.3) is 0 Å². The molecule has 22 heteroatoms. The minimum Gasteiger partial charge on any atom is -0.390 e. The third kappa shape index (κ3) is 23.4. The summed E-state index contributed by atoms with van der Waals surface area (Å²) in [6, 6.07) is -5.23. The van der Waals surface area contributed by atoms with Gasteiger partial charge < -0.3 is 62.3 Å². The summed E-state index contributed by atoms with van der Waals surface area (Å²) >= 11 is 0. The molecule has 446 valence electrons. The van der Waals surface area contributed by atoms with Crippen molar-refractivity contribution in [3.8, 4) is 0 Å². The summed E-state index contributed by atoms with van der Waals surface area (Å²) < 4.78 is 0. The van der Waals surface area contributed by atoms with Gasteiger partial charge in [0.1, 0.15) is 46.9 Å². The normalized spacial score (nSPS) is 16.9. The highest BCUT2D eigenvalue weighted by Gasteiger charge is 2.43. The van der Waals surface area contributed by atoms with Crippen LogP contribution in [0.1, 0.15) is 169 Å². The maximum absolute atomic E-state index is 14.4. The lowest BCUT2D eigenvalue weighted by Crippen LogP contribution is -2.66. The van der Waals surface area contributed by atoms with Gasteiger partial charge in [-0.1, -0.05) is 87.7 Å². The minimum absolute atomic E-state index is 0.0206. The number of unbranched alkanes of at least 4 members (excludes halogenated alkanes) is 1. The molecule has 1 aliphatic rings. The summed E-state index contributed by atoms with van der Waals surface area (Å²) in [7, 11) is 3.78. The molecule has 0 aromatic rings. The van der Waals surface area contributed by atoms with Crippen molar-refractivity contribution in [3.63, 3.8) is 0 Å². The Balaban J connectivity index is 3.32. The maximum Gasteiger partial charge on any atom is 0.247 e. The van der Waals surface area contributed by atoms with Gasteiger partial charge in [-0.15, -0.1) is 0 Å². The molecule has 78 heavy (non-hydrogen) atoms. The Labute approximate surface area is 465 Å². The topological polar surface area (TPSA) is 297 Å². The van der Waals surface area contributed by atoms with Gasteiger partial charge in [-0.25, -0.2) is 0 Å². The first-order valence-electron chi connectivity index (χ1n) is 28.1. The van der Waals surface area contributed by atoms with Gasteiger partial charge in [0.25, 0.3) is 0 Å². The second-order valence-electron chi connectivity index (χ2n) is 24.2.